The summed E-state index contributed by atoms with van der Waals surface area (Å²) in [6.45, 7) is 5.56. The molecule has 2 aliphatic rings. The Morgan fingerprint density at radius 2 is 2.03 bits per heavy atom. The van der Waals surface area contributed by atoms with Crippen molar-refractivity contribution >= 4 is 35.0 Å². The zero-order valence-corrected chi connectivity index (χ0v) is 23.0. The molecule has 196 valence electrons. The summed E-state index contributed by atoms with van der Waals surface area (Å²) in [5.41, 5.74) is -0.307. The van der Waals surface area contributed by atoms with Crippen LogP contribution in [0.2, 0.25) is 0 Å². The minimum atomic E-state index is -0.667. The summed E-state index contributed by atoms with van der Waals surface area (Å²) in [5, 5.41) is 12.7. The number of aliphatic hydroxyl groups is 1. The Kier molecular flexibility index (Phi) is 11.1. The summed E-state index contributed by atoms with van der Waals surface area (Å²) in [6, 6.07) is 0. The molecule has 35 heavy (non-hydrogen) atoms. The van der Waals surface area contributed by atoms with Gasteiger partial charge in [0.2, 0.25) is 0 Å². The minimum Gasteiger partial charge on any atom is -0.462 e. The molecule has 1 aromatic rings. The Bertz CT molecular complexity index is 846. The van der Waals surface area contributed by atoms with E-state index in [-0.39, 0.29) is 24.0 Å². The van der Waals surface area contributed by atoms with Crippen LogP contribution in [0.1, 0.15) is 95.5 Å². The molecule has 1 heterocycles. The van der Waals surface area contributed by atoms with Crippen molar-refractivity contribution in [1.29, 1.82) is 0 Å². The van der Waals surface area contributed by atoms with Crippen molar-refractivity contribution < 1.29 is 24.2 Å². The fourth-order valence-electron chi connectivity index (χ4n) is 5.56. The maximum absolute atomic E-state index is 11.9. The minimum absolute atomic E-state index is 0.0723. The lowest BCUT2D eigenvalue weighted by atomic mass is 9.80. The predicted octanol–water partition coefficient (Wildman–Crippen LogP) is 6.43. The SMILES string of the molecule is CCOC(=O)c1csc(SCC[C@H]2[C@@H](OC(C)=O)CC[C@@H]2/C=C/CC(C)(O)CC2CCCCC2)n1. The molecule has 0 radical (unpaired) electrons. The lowest BCUT2D eigenvalue weighted by Crippen LogP contribution is -2.28. The molecule has 1 N–H and O–H groups in total. The first-order valence-electron chi connectivity index (χ1n) is 13.1. The number of aromatic nitrogens is 1. The Balaban J connectivity index is 1.53. The van der Waals surface area contributed by atoms with Crippen LogP contribution in [0.3, 0.4) is 0 Å². The van der Waals surface area contributed by atoms with E-state index in [0.29, 0.717) is 30.6 Å². The molecule has 4 atom stereocenters. The molecular formula is C27H41NO5S2. The molecule has 6 nitrogen and oxygen atoms in total. The molecular weight excluding hydrogens is 482 g/mol. The lowest BCUT2D eigenvalue weighted by Gasteiger charge is -2.30. The van der Waals surface area contributed by atoms with Gasteiger partial charge < -0.3 is 14.6 Å². The average Bonchev–Trinajstić information content (AvgIpc) is 3.42. The van der Waals surface area contributed by atoms with E-state index in [2.05, 4.69) is 17.1 Å². The van der Waals surface area contributed by atoms with Gasteiger partial charge in [-0.05, 0) is 57.8 Å². The molecule has 2 aliphatic carbocycles. The van der Waals surface area contributed by atoms with Crippen molar-refractivity contribution in [2.45, 2.75) is 101 Å². The van der Waals surface area contributed by atoms with Gasteiger partial charge in [0.15, 0.2) is 10.0 Å². The first-order chi connectivity index (χ1) is 16.8. The van der Waals surface area contributed by atoms with E-state index in [4.69, 9.17) is 9.47 Å². The van der Waals surface area contributed by atoms with Crippen LogP contribution >= 0.6 is 23.1 Å². The van der Waals surface area contributed by atoms with Crippen molar-refractivity contribution in [3.8, 4) is 0 Å². The summed E-state index contributed by atoms with van der Waals surface area (Å²) in [6.07, 6.45) is 15.0. The molecule has 2 saturated carbocycles. The average molecular weight is 524 g/mol. The Morgan fingerprint density at radius 1 is 1.26 bits per heavy atom. The third-order valence-electron chi connectivity index (χ3n) is 7.17. The molecule has 0 amide bonds. The molecule has 0 spiro atoms. The summed E-state index contributed by atoms with van der Waals surface area (Å²) >= 11 is 3.08. The third kappa shape index (κ3) is 9.21. The summed E-state index contributed by atoms with van der Waals surface area (Å²) in [5.74, 6) is 1.44. The molecule has 0 aliphatic heterocycles. The van der Waals surface area contributed by atoms with E-state index in [1.165, 1.54) is 50.4 Å². The maximum atomic E-state index is 11.9. The number of carbonyl (C=O) groups is 2. The fourth-order valence-corrected chi connectivity index (χ4v) is 7.46. The Labute approximate surface area is 218 Å². The van der Waals surface area contributed by atoms with Gasteiger partial charge in [0.1, 0.15) is 6.10 Å². The second kappa shape index (κ2) is 13.8. The number of nitrogens with zero attached hydrogens (tertiary/aromatic N) is 1. The van der Waals surface area contributed by atoms with E-state index in [1.807, 2.05) is 6.92 Å². The summed E-state index contributed by atoms with van der Waals surface area (Å²) in [7, 11) is 0. The Hall–Kier alpha value is -1.38. The number of hydrogen-bond donors (Lipinski definition) is 1. The topological polar surface area (TPSA) is 85.7 Å². The van der Waals surface area contributed by atoms with Crippen LogP contribution in [-0.2, 0) is 14.3 Å². The van der Waals surface area contributed by atoms with E-state index < -0.39 is 5.60 Å². The molecule has 1 unspecified atom stereocenters. The predicted molar refractivity (Wildman–Crippen MR) is 141 cm³/mol. The van der Waals surface area contributed by atoms with Gasteiger partial charge in [-0.2, -0.15) is 0 Å². The van der Waals surface area contributed by atoms with Crippen LogP contribution in [0.15, 0.2) is 21.9 Å². The van der Waals surface area contributed by atoms with Crippen molar-refractivity contribution in [1.82, 2.24) is 4.98 Å². The highest BCUT2D eigenvalue weighted by Crippen LogP contribution is 2.40. The summed E-state index contributed by atoms with van der Waals surface area (Å²) in [4.78, 5) is 27.9. The van der Waals surface area contributed by atoms with Gasteiger partial charge in [0, 0.05) is 24.0 Å². The van der Waals surface area contributed by atoms with Gasteiger partial charge in [-0.25, -0.2) is 9.78 Å². The monoisotopic (exact) mass is 523 g/mol. The van der Waals surface area contributed by atoms with E-state index in [9.17, 15) is 14.7 Å². The van der Waals surface area contributed by atoms with Crippen LogP contribution in [0.4, 0.5) is 0 Å². The first kappa shape index (κ1) is 28.2. The van der Waals surface area contributed by atoms with Gasteiger partial charge in [0.25, 0.3) is 0 Å². The number of hydrogen-bond acceptors (Lipinski definition) is 8. The fraction of sp³-hybridized carbons (Fsp3) is 0.741. The van der Waals surface area contributed by atoms with Crippen LogP contribution in [-0.4, -0.2) is 46.1 Å². The van der Waals surface area contributed by atoms with E-state index >= 15 is 0 Å². The molecule has 0 saturated heterocycles. The number of ether oxygens (including phenoxy) is 2. The van der Waals surface area contributed by atoms with Gasteiger partial charge >= 0.3 is 11.9 Å². The molecule has 8 heteroatoms. The number of thiazole rings is 1. The third-order valence-corrected chi connectivity index (χ3v) is 9.22. The highest BCUT2D eigenvalue weighted by molar-refractivity contribution is 8.01. The molecule has 0 bridgehead atoms. The smallest absolute Gasteiger partial charge is 0.357 e. The van der Waals surface area contributed by atoms with Crippen molar-refractivity contribution in [3.63, 3.8) is 0 Å². The van der Waals surface area contributed by atoms with Gasteiger partial charge in [-0.1, -0.05) is 56.0 Å². The maximum Gasteiger partial charge on any atom is 0.357 e. The number of thioether (sulfide) groups is 1. The zero-order valence-electron chi connectivity index (χ0n) is 21.4. The van der Waals surface area contributed by atoms with Crippen LogP contribution < -0.4 is 0 Å². The van der Waals surface area contributed by atoms with Crippen molar-refractivity contribution in [2.24, 2.45) is 17.8 Å². The van der Waals surface area contributed by atoms with Crippen LogP contribution in [0.5, 0.6) is 0 Å². The highest BCUT2D eigenvalue weighted by atomic mass is 32.2. The number of carbonyl (C=O) groups excluding carboxylic acids is 2. The van der Waals surface area contributed by atoms with Gasteiger partial charge in [-0.3, -0.25) is 4.79 Å². The normalized spacial score (nSPS) is 25.0. The van der Waals surface area contributed by atoms with Gasteiger partial charge in [0.05, 0.1) is 12.2 Å². The Morgan fingerprint density at radius 3 is 2.74 bits per heavy atom. The molecule has 1 aromatic heterocycles. The molecule has 0 aromatic carbocycles. The second-order valence-electron chi connectivity index (χ2n) is 10.2. The van der Waals surface area contributed by atoms with Crippen LogP contribution in [0, 0.1) is 17.8 Å². The molecule has 3 rings (SSSR count). The molecule has 2 fully saturated rings. The largest absolute Gasteiger partial charge is 0.462 e. The van der Waals surface area contributed by atoms with Crippen molar-refractivity contribution in [2.75, 3.05) is 12.4 Å². The zero-order chi connectivity index (χ0) is 25.3. The summed E-state index contributed by atoms with van der Waals surface area (Å²) < 4.78 is 11.5. The van der Waals surface area contributed by atoms with Crippen molar-refractivity contribution in [3.05, 3.63) is 23.2 Å². The van der Waals surface area contributed by atoms with Crippen LogP contribution in [0.25, 0.3) is 0 Å². The number of rotatable bonds is 12. The highest BCUT2D eigenvalue weighted by Gasteiger charge is 2.36. The standard InChI is InChI=1S/C27H41NO5S2/c1-4-32-25(30)23-18-35-26(28-23)34-16-14-22-21(12-13-24(22)33-19(2)29)11-8-15-27(3,31)17-20-9-6-5-7-10-20/h8,11,18,20-22,24,31H,4-7,9-10,12-17H2,1-3H3/b11-8+/t21-,22+,24-,27?/m0/s1. The number of esters is 2. The second-order valence-corrected chi connectivity index (χ2v) is 12.4. The quantitative estimate of drug-likeness (QED) is 0.192. The van der Waals surface area contributed by atoms with E-state index in [0.717, 1.165) is 35.8 Å². The lowest BCUT2D eigenvalue weighted by molar-refractivity contribution is -0.148. The number of allylic oxidation sites excluding steroid dienone is 1. The first-order valence-corrected chi connectivity index (χ1v) is 15.0. The van der Waals surface area contributed by atoms with Gasteiger partial charge in [-0.15, -0.1) is 11.3 Å². The van der Waals surface area contributed by atoms with E-state index in [1.54, 1.807) is 24.1 Å².